The first-order valence-corrected chi connectivity index (χ1v) is 4.79. The summed E-state index contributed by atoms with van der Waals surface area (Å²) in [4.78, 5) is 14.3. The predicted molar refractivity (Wildman–Crippen MR) is 52.1 cm³/mol. The summed E-state index contributed by atoms with van der Waals surface area (Å²) < 4.78 is 0. The van der Waals surface area contributed by atoms with Gasteiger partial charge in [-0.25, -0.2) is 0 Å². The lowest BCUT2D eigenvalue weighted by molar-refractivity contribution is -0.385. The molecule has 0 bridgehead atoms. The van der Waals surface area contributed by atoms with Gasteiger partial charge >= 0.3 is 0 Å². The summed E-state index contributed by atoms with van der Waals surface area (Å²) in [6, 6.07) is 1.66. The van der Waals surface area contributed by atoms with Gasteiger partial charge in [0.1, 0.15) is 6.20 Å². The lowest BCUT2D eigenvalue weighted by Gasteiger charge is -2.19. The van der Waals surface area contributed by atoms with Crippen LogP contribution in [0.1, 0.15) is 24.6 Å². The SMILES string of the molecule is CC1CCc2ncc([N+](=O)[O-])cc2C1. The Bertz CT molecular complexity index is 376. The van der Waals surface area contributed by atoms with E-state index in [1.807, 2.05) is 0 Å². The highest BCUT2D eigenvalue weighted by atomic mass is 16.6. The molecule has 1 aromatic heterocycles. The molecule has 0 saturated carbocycles. The lowest BCUT2D eigenvalue weighted by Crippen LogP contribution is -2.13. The van der Waals surface area contributed by atoms with Crippen LogP contribution in [0.3, 0.4) is 0 Å². The third-order valence-electron chi connectivity index (χ3n) is 2.70. The second kappa shape index (κ2) is 3.36. The molecular weight excluding hydrogens is 180 g/mol. The summed E-state index contributed by atoms with van der Waals surface area (Å²) in [5.74, 6) is 0.617. The van der Waals surface area contributed by atoms with Gasteiger partial charge in [-0.3, -0.25) is 15.1 Å². The first-order valence-electron chi connectivity index (χ1n) is 4.79. The average molecular weight is 192 g/mol. The molecule has 1 heterocycles. The molecule has 2 rings (SSSR count). The van der Waals surface area contributed by atoms with E-state index in [0.29, 0.717) is 5.92 Å². The molecule has 0 radical (unpaired) electrons. The van der Waals surface area contributed by atoms with Gasteiger partial charge in [0.05, 0.1) is 4.92 Å². The molecule has 1 unspecified atom stereocenters. The summed E-state index contributed by atoms with van der Waals surface area (Å²) in [5.41, 5.74) is 2.20. The normalized spacial score (nSPS) is 20.2. The van der Waals surface area contributed by atoms with E-state index in [1.165, 1.54) is 6.20 Å². The van der Waals surface area contributed by atoms with Crippen molar-refractivity contribution in [2.24, 2.45) is 5.92 Å². The van der Waals surface area contributed by atoms with Crippen molar-refractivity contribution in [3.8, 4) is 0 Å². The Morgan fingerprint density at radius 2 is 2.43 bits per heavy atom. The highest BCUT2D eigenvalue weighted by molar-refractivity contribution is 5.35. The van der Waals surface area contributed by atoms with Gasteiger partial charge in [-0.15, -0.1) is 0 Å². The maximum Gasteiger partial charge on any atom is 0.287 e. The highest BCUT2D eigenvalue weighted by Crippen LogP contribution is 2.26. The Kier molecular flexibility index (Phi) is 2.19. The van der Waals surface area contributed by atoms with E-state index in [-0.39, 0.29) is 10.6 Å². The van der Waals surface area contributed by atoms with Crippen molar-refractivity contribution in [1.82, 2.24) is 4.98 Å². The first-order chi connectivity index (χ1) is 6.66. The number of nitrogens with zero attached hydrogens (tertiary/aromatic N) is 2. The Labute approximate surface area is 82.1 Å². The fourth-order valence-electron chi connectivity index (χ4n) is 1.89. The van der Waals surface area contributed by atoms with Crippen LogP contribution >= 0.6 is 0 Å². The molecule has 0 amide bonds. The Morgan fingerprint density at radius 3 is 3.14 bits per heavy atom. The second-order valence-electron chi connectivity index (χ2n) is 3.90. The van der Waals surface area contributed by atoms with Gasteiger partial charge in [-0.1, -0.05) is 6.92 Å². The van der Waals surface area contributed by atoms with E-state index in [0.717, 1.165) is 30.5 Å². The molecule has 0 aliphatic heterocycles. The minimum Gasteiger partial charge on any atom is -0.258 e. The van der Waals surface area contributed by atoms with Crippen molar-refractivity contribution in [2.45, 2.75) is 26.2 Å². The lowest BCUT2D eigenvalue weighted by atomic mass is 9.88. The summed E-state index contributed by atoms with van der Waals surface area (Å²) >= 11 is 0. The smallest absolute Gasteiger partial charge is 0.258 e. The third-order valence-corrected chi connectivity index (χ3v) is 2.70. The minimum atomic E-state index is -0.382. The zero-order valence-corrected chi connectivity index (χ0v) is 8.06. The van der Waals surface area contributed by atoms with Crippen molar-refractivity contribution in [3.63, 3.8) is 0 Å². The van der Waals surface area contributed by atoms with Crippen LogP contribution in [0.25, 0.3) is 0 Å². The Hall–Kier alpha value is -1.45. The Balaban J connectivity index is 2.37. The molecule has 0 fully saturated rings. The van der Waals surface area contributed by atoms with Crippen LogP contribution in [0.2, 0.25) is 0 Å². The van der Waals surface area contributed by atoms with E-state index in [9.17, 15) is 10.1 Å². The van der Waals surface area contributed by atoms with E-state index in [1.54, 1.807) is 6.07 Å². The van der Waals surface area contributed by atoms with Crippen molar-refractivity contribution in [3.05, 3.63) is 33.6 Å². The fraction of sp³-hybridized carbons (Fsp3) is 0.500. The first kappa shape index (κ1) is 9.12. The number of hydrogen-bond acceptors (Lipinski definition) is 3. The van der Waals surface area contributed by atoms with Gasteiger partial charge in [-0.2, -0.15) is 0 Å². The molecule has 1 atom stereocenters. The number of hydrogen-bond donors (Lipinski definition) is 0. The topological polar surface area (TPSA) is 56.0 Å². The molecule has 14 heavy (non-hydrogen) atoms. The zero-order chi connectivity index (χ0) is 10.1. The summed E-state index contributed by atoms with van der Waals surface area (Å²) in [7, 11) is 0. The van der Waals surface area contributed by atoms with Gasteiger partial charge < -0.3 is 0 Å². The van der Waals surface area contributed by atoms with E-state index < -0.39 is 0 Å². The van der Waals surface area contributed by atoms with Crippen LogP contribution in [0.4, 0.5) is 5.69 Å². The van der Waals surface area contributed by atoms with Gasteiger partial charge in [-0.05, 0) is 30.7 Å². The largest absolute Gasteiger partial charge is 0.287 e. The van der Waals surface area contributed by atoms with Gasteiger partial charge in [0, 0.05) is 11.8 Å². The van der Waals surface area contributed by atoms with Crippen LogP contribution in [-0.2, 0) is 12.8 Å². The molecular formula is C10H12N2O2. The summed E-state index contributed by atoms with van der Waals surface area (Å²) in [6.07, 6.45) is 4.37. The van der Waals surface area contributed by atoms with Crippen LogP contribution in [-0.4, -0.2) is 9.91 Å². The maximum absolute atomic E-state index is 10.5. The molecule has 1 aromatic rings. The minimum absolute atomic E-state index is 0.109. The molecule has 4 heteroatoms. The molecule has 1 aliphatic carbocycles. The quantitative estimate of drug-likeness (QED) is 0.505. The van der Waals surface area contributed by atoms with Crippen molar-refractivity contribution in [1.29, 1.82) is 0 Å². The molecule has 0 saturated heterocycles. The monoisotopic (exact) mass is 192 g/mol. The second-order valence-corrected chi connectivity index (χ2v) is 3.90. The summed E-state index contributed by atoms with van der Waals surface area (Å²) in [5, 5.41) is 10.5. The van der Waals surface area contributed by atoms with Crippen LogP contribution in [0.5, 0.6) is 0 Å². The number of nitro groups is 1. The number of pyridine rings is 1. The van der Waals surface area contributed by atoms with Crippen molar-refractivity contribution >= 4 is 5.69 Å². The van der Waals surface area contributed by atoms with Crippen molar-refractivity contribution in [2.75, 3.05) is 0 Å². The molecule has 4 nitrogen and oxygen atoms in total. The number of fused-ring (bicyclic) bond motifs is 1. The van der Waals surface area contributed by atoms with Crippen LogP contribution < -0.4 is 0 Å². The number of rotatable bonds is 1. The molecule has 1 aliphatic rings. The Morgan fingerprint density at radius 1 is 1.64 bits per heavy atom. The predicted octanol–water partition coefficient (Wildman–Crippen LogP) is 2.11. The van der Waals surface area contributed by atoms with Gasteiger partial charge in [0.2, 0.25) is 0 Å². The fourth-order valence-corrected chi connectivity index (χ4v) is 1.89. The number of aryl methyl sites for hydroxylation is 1. The molecule has 0 spiro atoms. The maximum atomic E-state index is 10.5. The van der Waals surface area contributed by atoms with Crippen LogP contribution in [0.15, 0.2) is 12.3 Å². The molecule has 0 N–H and O–H groups in total. The molecule has 0 aromatic carbocycles. The third kappa shape index (κ3) is 1.60. The standard InChI is InChI=1S/C10H12N2O2/c1-7-2-3-10-8(4-7)5-9(6-11-10)12(13)14/h5-7H,2-4H2,1H3. The van der Waals surface area contributed by atoms with E-state index >= 15 is 0 Å². The average Bonchev–Trinajstić information content (AvgIpc) is 2.16. The van der Waals surface area contributed by atoms with E-state index in [2.05, 4.69) is 11.9 Å². The zero-order valence-electron chi connectivity index (χ0n) is 8.06. The number of aromatic nitrogens is 1. The molecule has 74 valence electrons. The van der Waals surface area contributed by atoms with E-state index in [4.69, 9.17) is 0 Å². The van der Waals surface area contributed by atoms with Gasteiger partial charge in [0.15, 0.2) is 0 Å². The van der Waals surface area contributed by atoms with Crippen LogP contribution in [0, 0.1) is 16.0 Å². The highest BCUT2D eigenvalue weighted by Gasteiger charge is 2.18. The summed E-state index contributed by atoms with van der Waals surface area (Å²) in [6.45, 7) is 2.17. The van der Waals surface area contributed by atoms with Gasteiger partial charge in [0.25, 0.3) is 5.69 Å². The van der Waals surface area contributed by atoms with Crippen molar-refractivity contribution < 1.29 is 4.92 Å².